The molecule has 100 valence electrons. The summed E-state index contributed by atoms with van der Waals surface area (Å²) in [5.74, 6) is 2.99. The van der Waals surface area contributed by atoms with Gasteiger partial charge >= 0.3 is 0 Å². The van der Waals surface area contributed by atoms with Crippen LogP contribution in [0.2, 0.25) is 0 Å². The Morgan fingerprint density at radius 3 is 2.72 bits per heavy atom. The molecule has 1 heterocycles. The monoisotopic (exact) mass is 247 g/mol. The van der Waals surface area contributed by atoms with Gasteiger partial charge in [-0.05, 0) is 61.6 Å². The van der Waals surface area contributed by atoms with E-state index in [9.17, 15) is 0 Å². The van der Waals surface area contributed by atoms with Crippen molar-refractivity contribution >= 4 is 0 Å². The minimum Gasteiger partial charge on any atom is -0.472 e. The summed E-state index contributed by atoms with van der Waals surface area (Å²) in [5.41, 5.74) is 1.35. The fraction of sp³-hybridized carbons (Fsp3) is 0.750. The second kappa shape index (κ2) is 5.48. The minimum absolute atomic E-state index is 0.677. The van der Waals surface area contributed by atoms with Crippen LogP contribution in [0.5, 0.6) is 0 Å². The summed E-state index contributed by atoms with van der Waals surface area (Å²) in [6.45, 7) is 3.40. The molecule has 0 aliphatic heterocycles. The predicted molar refractivity (Wildman–Crippen MR) is 73.4 cm³/mol. The van der Waals surface area contributed by atoms with Crippen molar-refractivity contribution in [2.75, 3.05) is 6.54 Å². The van der Waals surface area contributed by atoms with E-state index in [2.05, 4.69) is 18.3 Å². The lowest BCUT2D eigenvalue weighted by Crippen LogP contribution is -2.34. The molecule has 1 N–H and O–H groups in total. The highest BCUT2D eigenvalue weighted by atomic mass is 16.3. The highest BCUT2D eigenvalue weighted by Gasteiger charge is 2.53. The van der Waals surface area contributed by atoms with E-state index < -0.39 is 0 Å². The zero-order valence-corrected chi connectivity index (χ0v) is 11.4. The van der Waals surface area contributed by atoms with Crippen molar-refractivity contribution in [3.05, 3.63) is 24.2 Å². The van der Waals surface area contributed by atoms with Gasteiger partial charge in [-0.1, -0.05) is 19.8 Å². The molecule has 2 fully saturated rings. The quantitative estimate of drug-likeness (QED) is 0.830. The summed E-state index contributed by atoms with van der Waals surface area (Å²) >= 11 is 0. The molecule has 2 aliphatic carbocycles. The van der Waals surface area contributed by atoms with Crippen LogP contribution in [0.1, 0.15) is 44.6 Å². The lowest BCUT2D eigenvalue weighted by atomic mass is 10.0. The van der Waals surface area contributed by atoms with E-state index in [-0.39, 0.29) is 0 Å². The molecule has 0 spiro atoms. The van der Waals surface area contributed by atoms with Gasteiger partial charge in [0.05, 0.1) is 12.5 Å². The Kier molecular flexibility index (Phi) is 3.74. The second-order valence-electron chi connectivity index (χ2n) is 6.09. The molecule has 0 radical (unpaired) electrons. The van der Waals surface area contributed by atoms with Gasteiger partial charge in [0, 0.05) is 6.04 Å². The van der Waals surface area contributed by atoms with Crippen LogP contribution >= 0.6 is 0 Å². The van der Waals surface area contributed by atoms with Crippen molar-refractivity contribution in [1.82, 2.24) is 5.32 Å². The van der Waals surface area contributed by atoms with Gasteiger partial charge in [-0.2, -0.15) is 0 Å². The Morgan fingerprint density at radius 1 is 1.33 bits per heavy atom. The fourth-order valence-corrected chi connectivity index (χ4v) is 3.98. The zero-order valence-electron chi connectivity index (χ0n) is 11.4. The molecule has 1 aromatic heterocycles. The van der Waals surface area contributed by atoms with Crippen LogP contribution in [0.3, 0.4) is 0 Å². The van der Waals surface area contributed by atoms with Gasteiger partial charge in [0.25, 0.3) is 0 Å². The van der Waals surface area contributed by atoms with Gasteiger partial charge in [-0.15, -0.1) is 0 Å². The summed E-state index contributed by atoms with van der Waals surface area (Å²) in [6.07, 6.45) is 12.0. The first kappa shape index (κ1) is 12.3. The van der Waals surface area contributed by atoms with Crippen LogP contribution < -0.4 is 5.32 Å². The standard InChI is InChI=1S/C16H25NO/c1-2-8-17-15(10-12-7-9-18-11-12)16-13-5-3-4-6-14(13)16/h7,9,11,13-17H,2-6,8,10H2,1H3. The summed E-state index contributed by atoms with van der Waals surface area (Å²) in [6, 6.07) is 2.79. The van der Waals surface area contributed by atoms with E-state index in [1.54, 1.807) is 6.26 Å². The van der Waals surface area contributed by atoms with Crippen LogP contribution in [0.15, 0.2) is 23.0 Å². The maximum absolute atomic E-state index is 5.21. The van der Waals surface area contributed by atoms with Crippen LogP contribution in [-0.4, -0.2) is 12.6 Å². The van der Waals surface area contributed by atoms with Gasteiger partial charge in [-0.3, -0.25) is 0 Å². The molecular formula is C16H25NO. The highest BCUT2D eigenvalue weighted by molar-refractivity contribution is 5.12. The van der Waals surface area contributed by atoms with Crippen molar-refractivity contribution in [3.8, 4) is 0 Å². The topological polar surface area (TPSA) is 25.2 Å². The first-order valence-corrected chi connectivity index (χ1v) is 7.64. The van der Waals surface area contributed by atoms with Crippen LogP contribution in [0.25, 0.3) is 0 Å². The third kappa shape index (κ3) is 2.49. The van der Waals surface area contributed by atoms with E-state index in [1.165, 1.54) is 37.7 Å². The van der Waals surface area contributed by atoms with E-state index in [0.29, 0.717) is 6.04 Å². The molecule has 1 aromatic rings. The maximum atomic E-state index is 5.21. The van der Waals surface area contributed by atoms with Crippen molar-refractivity contribution in [2.24, 2.45) is 17.8 Å². The molecule has 0 amide bonds. The van der Waals surface area contributed by atoms with Gasteiger partial charge in [0.1, 0.15) is 0 Å². The lowest BCUT2D eigenvalue weighted by Gasteiger charge is -2.18. The van der Waals surface area contributed by atoms with E-state index >= 15 is 0 Å². The maximum Gasteiger partial charge on any atom is 0.0935 e. The largest absolute Gasteiger partial charge is 0.472 e. The predicted octanol–water partition coefficient (Wildman–Crippen LogP) is 3.63. The number of rotatable bonds is 6. The molecule has 2 aliphatic rings. The summed E-state index contributed by atoms with van der Waals surface area (Å²) in [7, 11) is 0. The van der Waals surface area contributed by atoms with Crippen molar-refractivity contribution < 1.29 is 4.42 Å². The molecule has 2 saturated carbocycles. The lowest BCUT2D eigenvalue weighted by molar-refractivity contribution is 0.426. The van der Waals surface area contributed by atoms with Gasteiger partial charge in [0.15, 0.2) is 0 Å². The fourth-order valence-electron chi connectivity index (χ4n) is 3.98. The molecule has 0 saturated heterocycles. The smallest absolute Gasteiger partial charge is 0.0935 e. The molecule has 3 unspecified atom stereocenters. The van der Waals surface area contributed by atoms with E-state index in [0.717, 1.165) is 30.7 Å². The molecule has 0 aromatic carbocycles. The van der Waals surface area contributed by atoms with Crippen LogP contribution in [-0.2, 0) is 6.42 Å². The number of hydrogen-bond acceptors (Lipinski definition) is 2. The van der Waals surface area contributed by atoms with Gasteiger partial charge < -0.3 is 9.73 Å². The Labute approximate surface area is 110 Å². The summed E-state index contributed by atoms with van der Waals surface area (Å²) in [5, 5.41) is 3.78. The SMILES string of the molecule is CCCNC(Cc1ccoc1)C1C2CCCCC21. The van der Waals surface area contributed by atoms with Crippen molar-refractivity contribution in [1.29, 1.82) is 0 Å². The highest BCUT2D eigenvalue weighted by Crippen LogP contribution is 2.57. The first-order chi connectivity index (χ1) is 8.90. The molecule has 18 heavy (non-hydrogen) atoms. The summed E-state index contributed by atoms with van der Waals surface area (Å²) in [4.78, 5) is 0. The number of nitrogens with one attached hydrogen (secondary N) is 1. The molecule has 3 rings (SSSR count). The first-order valence-electron chi connectivity index (χ1n) is 7.64. The van der Waals surface area contributed by atoms with Crippen LogP contribution in [0, 0.1) is 17.8 Å². The average molecular weight is 247 g/mol. The normalized spacial score (nSPS) is 31.9. The van der Waals surface area contributed by atoms with Gasteiger partial charge in [0.2, 0.25) is 0 Å². The van der Waals surface area contributed by atoms with Gasteiger partial charge in [-0.25, -0.2) is 0 Å². The number of hydrogen-bond donors (Lipinski definition) is 1. The Balaban J connectivity index is 1.62. The van der Waals surface area contributed by atoms with Crippen molar-refractivity contribution in [3.63, 3.8) is 0 Å². The number of fused-ring (bicyclic) bond motifs is 1. The molecule has 2 nitrogen and oxygen atoms in total. The molecule has 2 heteroatoms. The second-order valence-corrected chi connectivity index (χ2v) is 6.09. The van der Waals surface area contributed by atoms with E-state index in [1.807, 2.05) is 6.26 Å². The third-order valence-electron chi connectivity index (χ3n) is 4.88. The molecule has 3 atom stereocenters. The number of furan rings is 1. The molecule has 0 bridgehead atoms. The Bertz CT molecular complexity index is 347. The molecular weight excluding hydrogens is 222 g/mol. The van der Waals surface area contributed by atoms with Crippen molar-refractivity contribution in [2.45, 2.75) is 51.5 Å². The Morgan fingerprint density at radius 2 is 2.11 bits per heavy atom. The summed E-state index contributed by atoms with van der Waals surface area (Å²) < 4.78 is 5.21. The zero-order chi connectivity index (χ0) is 12.4. The van der Waals surface area contributed by atoms with Crippen LogP contribution in [0.4, 0.5) is 0 Å². The average Bonchev–Trinajstić information content (AvgIpc) is 2.90. The third-order valence-corrected chi connectivity index (χ3v) is 4.88. The Hall–Kier alpha value is -0.760. The minimum atomic E-state index is 0.677. The van der Waals surface area contributed by atoms with E-state index in [4.69, 9.17) is 4.42 Å².